The van der Waals surface area contributed by atoms with Crippen LogP contribution >= 0.6 is 11.8 Å². The lowest BCUT2D eigenvalue weighted by Gasteiger charge is -2.07. The Morgan fingerprint density at radius 3 is 2.80 bits per heavy atom. The van der Waals surface area contributed by atoms with E-state index < -0.39 is 24.3 Å². The second-order valence-corrected chi connectivity index (χ2v) is 6.01. The van der Waals surface area contributed by atoms with Crippen LogP contribution in [0.3, 0.4) is 0 Å². The van der Waals surface area contributed by atoms with E-state index in [2.05, 4.69) is 5.32 Å². The average molecular weight is 363 g/mol. The Bertz CT molecular complexity index is 798. The van der Waals surface area contributed by atoms with E-state index in [0.717, 1.165) is 11.8 Å². The molecule has 2 aromatic carbocycles. The van der Waals surface area contributed by atoms with E-state index in [4.69, 9.17) is 14.2 Å². The molecule has 2 aromatic rings. The minimum Gasteiger partial charge on any atom is -0.455 e. The van der Waals surface area contributed by atoms with Crippen LogP contribution in [-0.4, -0.2) is 31.0 Å². The van der Waals surface area contributed by atoms with Crippen molar-refractivity contribution in [2.75, 3.05) is 24.5 Å². The number of rotatable bonds is 6. The van der Waals surface area contributed by atoms with Crippen LogP contribution in [-0.2, 0) is 14.3 Å². The van der Waals surface area contributed by atoms with Crippen LogP contribution in [0.15, 0.2) is 47.4 Å². The molecule has 0 saturated carbocycles. The zero-order valence-electron chi connectivity index (χ0n) is 13.0. The zero-order chi connectivity index (χ0) is 17.6. The number of fused-ring (bicyclic) bond motifs is 1. The summed E-state index contributed by atoms with van der Waals surface area (Å²) in [6, 6.07) is 11.1. The van der Waals surface area contributed by atoms with Crippen LogP contribution in [0.2, 0.25) is 0 Å². The fraction of sp³-hybridized carbons (Fsp3) is 0.176. The smallest absolute Gasteiger partial charge is 0.316 e. The molecule has 0 fully saturated rings. The number of anilines is 1. The van der Waals surface area contributed by atoms with E-state index in [0.29, 0.717) is 22.1 Å². The average Bonchev–Trinajstić information content (AvgIpc) is 3.07. The van der Waals surface area contributed by atoms with E-state index in [1.54, 1.807) is 36.4 Å². The van der Waals surface area contributed by atoms with E-state index in [9.17, 15) is 14.0 Å². The number of nitrogens with one attached hydrogen (secondary N) is 1. The first-order valence-electron chi connectivity index (χ1n) is 7.34. The molecule has 0 atom stereocenters. The molecule has 0 radical (unpaired) electrons. The summed E-state index contributed by atoms with van der Waals surface area (Å²) in [7, 11) is 0. The number of amides is 1. The monoisotopic (exact) mass is 363 g/mol. The highest BCUT2D eigenvalue weighted by Gasteiger charge is 2.15. The lowest BCUT2D eigenvalue weighted by molar-refractivity contribution is -0.144. The minimum absolute atomic E-state index is 0.0851. The fourth-order valence-electron chi connectivity index (χ4n) is 2.06. The van der Waals surface area contributed by atoms with Gasteiger partial charge in [0.2, 0.25) is 6.79 Å². The molecule has 1 amide bonds. The number of carbonyl (C=O) groups is 2. The summed E-state index contributed by atoms with van der Waals surface area (Å²) in [6.45, 7) is -0.283. The van der Waals surface area contributed by atoms with Gasteiger partial charge in [0, 0.05) is 16.6 Å². The summed E-state index contributed by atoms with van der Waals surface area (Å²) < 4.78 is 28.7. The Labute approximate surface area is 147 Å². The predicted molar refractivity (Wildman–Crippen MR) is 89.3 cm³/mol. The normalized spacial score (nSPS) is 11.9. The maximum Gasteiger partial charge on any atom is 0.316 e. The van der Waals surface area contributed by atoms with Crippen LogP contribution in [0.1, 0.15) is 0 Å². The molecule has 0 unspecified atom stereocenters. The molecule has 0 aliphatic carbocycles. The Hall–Kier alpha value is -2.74. The van der Waals surface area contributed by atoms with Crippen molar-refractivity contribution in [3.05, 3.63) is 48.3 Å². The third kappa shape index (κ3) is 4.63. The van der Waals surface area contributed by atoms with Gasteiger partial charge in [0.1, 0.15) is 5.82 Å². The van der Waals surface area contributed by atoms with Gasteiger partial charge in [-0.25, -0.2) is 4.39 Å². The third-order valence-corrected chi connectivity index (χ3v) is 4.22. The minimum atomic E-state index is -0.603. The summed E-state index contributed by atoms with van der Waals surface area (Å²) in [6.07, 6.45) is 0. The highest BCUT2D eigenvalue weighted by atomic mass is 32.2. The first-order chi connectivity index (χ1) is 12.1. The van der Waals surface area contributed by atoms with Crippen molar-refractivity contribution in [2.24, 2.45) is 0 Å². The van der Waals surface area contributed by atoms with Crippen LogP contribution < -0.4 is 14.8 Å². The molecule has 1 aliphatic heterocycles. The quantitative estimate of drug-likeness (QED) is 0.628. The topological polar surface area (TPSA) is 73.9 Å². The predicted octanol–water partition coefficient (Wildman–Crippen LogP) is 2.83. The van der Waals surface area contributed by atoms with Crippen molar-refractivity contribution >= 4 is 29.3 Å². The Kier molecular flexibility index (Phi) is 5.39. The summed E-state index contributed by atoms with van der Waals surface area (Å²) in [5.41, 5.74) is 0.506. The highest BCUT2D eigenvalue weighted by molar-refractivity contribution is 8.00. The third-order valence-electron chi connectivity index (χ3n) is 3.20. The van der Waals surface area contributed by atoms with Crippen molar-refractivity contribution in [3.8, 4) is 11.5 Å². The van der Waals surface area contributed by atoms with E-state index >= 15 is 0 Å². The van der Waals surface area contributed by atoms with Crippen LogP contribution in [0, 0.1) is 5.82 Å². The van der Waals surface area contributed by atoms with Crippen molar-refractivity contribution < 1.29 is 28.2 Å². The standard InChI is InChI=1S/C17H14FNO5S/c18-12-3-1-2-4-15(12)25-9-17(21)22-8-16(20)19-11-5-6-13-14(7-11)24-10-23-13/h1-7H,8-10H2,(H,19,20). The van der Waals surface area contributed by atoms with Crippen molar-refractivity contribution in [2.45, 2.75) is 4.90 Å². The maximum atomic E-state index is 13.4. The van der Waals surface area contributed by atoms with Gasteiger partial charge in [-0.05, 0) is 24.3 Å². The number of hydrogen-bond donors (Lipinski definition) is 1. The molecule has 130 valence electrons. The van der Waals surface area contributed by atoms with Gasteiger partial charge in [-0.1, -0.05) is 12.1 Å². The van der Waals surface area contributed by atoms with Crippen molar-refractivity contribution in [1.82, 2.24) is 0 Å². The van der Waals surface area contributed by atoms with Crippen LogP contribution in [0.4, 0.5) is 10.1 Å². The molecule has 0 bridgehead atoms. The molecule has 1 aliphatic rings. The summed E-state index contributed by atoms with van der Waals surface area (Å²) in [5, 5.41) is 2.59. The van der Waals surface area contributed by atoms with Gasteiger partial charge in [-0.2, -0.15) is 0 Å². The van der Waals surface area contributed by atoms with Gasteiger partial charge in [0.15, 0.2) is 18.1 Å². The Morgan fingerprint density at radius 1 is 1.16 bits per heavy atom. The summed E-state index contributed by atoms with van der Waals surface area (Å²) >= 11 is 1.01. The maximum absolute atomic E-state index is 13.4. The van der Waals surface area contributed by atoms with Crippen LogP contribution in [0.25, 0.3) is 0 Å². The molecule has 0 aromatic heterocycles. The number of halogens is 1. The van der Waals surface area contributed by atoms with E-state index in [1.165, 1.54) is 6.07 Å². The zero-order valence-corrected chi connectivity index (χ0v) is 13.8. The number of benzene rings is 2. The molecular formula is C17H14FNO5S. The number of ether oxygens (including phenoxy) is 3. The van der Waals surface area contributed by atoms with E-state index in [-0.39, 0.29) is 12.5 Å². The molecule has 6 nitrogen and oxygen atoms in total. The van der Waals surface area contributed by atoms with Gasteiger partial charge in [0.05, 0.1) is 5.75 Å². The molecular weight excluding hydrogens is 349 g/mol. The number of carbonyl (C=O) groups excluding carboxylic acids is 2. The second kappa shape index (κ2) is 7.89. The first kappa shape index (κ1) is 17.1. The highest BCUT2D eigenvalue weighted by Crippen LogP contribution is 2.34. The van der Waals surface area contributed by atoms with Crippen molar-refractivity contribution in [1.29, 1.82) is 0 Å². The van der Waals surface area contributed by atoms with Gasteiger partial charge < -0.3 is 19.5 Å². The van der Waals surface area contributed by atoms with Crippen LogP contribution in [0.5, 0.6) is 11.5 Å². The largest absolute Gasteiger partial charge is 0.455 e. The van der Waals surface area contributed by atoms with Crippen molar-refractivity contribution in [3.63, 3.8) is 0 Å². The molecule has 0 saturated heterocycles. The molecule has 8 heteroatoms. The summed E-state index contributed by atoms with van der Waals surface area (Å²) in [4.78, 5) is 23.8. The lowest BCUT2D eigenvalue weighted by atomic mass is 10.3. The number of thioether (sulfide) groups is 1. The first-order valence-corrected chi connectivity index (χ1v) is 8.33. The number of hydrogen-bond acceptors (Lipinski definition) is 6. The Morgan fingerprint density at radius 2 is 1.96 bits per heavy atom. The molecule has 3 rings (SSSR count). The van der Waals surface area contributed by atoms with Gasteiger partial charge in [0.25, 0.3) is 5.91 Å². The molecule has 1 heterocycles. The summed E-state index contributed by atoms with van der Waals surface area (Å²) in [5.74, 6) is -0.429. The van der Waals surface area contributed by atoms with Gasteiger partial charge in [-0.3, -0.25) is 9.59 Å². The van der Waals surface area contributed by atoms with Gasteiger partial charge in [-0.15, -0.1) is 11.8 Å². The lowest BCUT2D eigenvalue weighted by Crippen LogP contribution is -2.21. The molecule has 25 heavy (non-hydrogen) atoms. The SMILES string of the molecule is O=C(COC(=O)CSc1ccccc1F)Nc1ccc2c(c1)OCO2. The van der Waals surface area contributed by atoms with Gasteiger partial charge >= 0.3 is 5.97 Å². The second-order valence-electron chi connectivity index (χ2n) is 5.00. The van der Waals surface area contributed by atoms with E-state index in [1.807, 2.05) is 0 Å². The molecule has 1 N–H and O–H groups in total. The number of esters is 1. The Balaban J connectivity index is 1.42. The fourth-order valence-corrected chi connectivity index (χ4v) is 2.79. The molecule has 0 spiro atoms.